The SMILES string of the molecule is Cc1ccc(SCCNC(=O)C2CCN(c3nc4ccccc4o3)CC2)cc1. The highest BCUT2D eigenvalue weighted by molar-refractivity contribution is 7.99. The highest BCUT2D eigenvalue weighted by Crippen LogP contribution is 2.26. The van der Waals surface area contributed by atoms with Gasteiger partial charge >= 0.3 is 0 Å². The molecule has 0 spiro atoms. The fourth-order valence-corrected chi connectivity index (χ4v) is 4.22. The van der Waals surface area contributed by atoms with Crippen molar-refractivity contribution < 1.29 is 9.21 Å². The minimum atomic E-state index is 0.0741. The van der Waals surface area contributed by atoms with Gasteiger partial charge in [0, 0.05) is 36.2 Å². The lowest BCUT2D eigenvalue weighted by molar-refractivity contribution is -0.125. The molecule has 0 radical (unpaired) electrons. The number of aryl methyl sites for hydroxylation is 1. The number of rotatable bonds is 6. The molecule has 28 heavy (non-hydrogen) atoms. The van der Waals surface area contributed by atoms with E-state index in [2.05, 4.69) is 46.4 Å². The molecule has 0 saturated carbocycles. The van der Waals surface area contributed by atoms with E-state index >= 15 is 0 Å². The summed E-state index contributed by atoms with van der Waals surface area (Å²) in [6.45, 7) is 4.37. The third-order valence-corrected chi connectivity index (χ3v) is 6.12. The van der Waals surface area contributed by atoms with Crippen LogP contribution < -0.4 is 10.2 Å². The van der Waals surface area contributed by atoms with Gasteiger partial charge in [0.1, 0.15) is 5.52 Å². The smallest absolute Gasteiger partial charge is 0.298 e. The first-order valence-corrected chi connectivity index (χ1v) is 10.8. The minimum Gasteiger partial charge on any atom is -0.423 e. The molecule has 2 heterocycles. The maximum absolute atomic E-state index is 12.5. The second-order valence-electron chi connectivity index (χ2n) is 7.18. The third-order valence-electron chi connectivity index (χ3n) is 5.11. The van der Waals surface area contributed by atoms with Crippen molar-refractivity contribution in [1.29, 1.82) is 0 Å². The summed E-state index contributed by atoms with van der Waals surface area (Å²) in [5, 5.41) is 3.09. The van der Waals surface area contributed by atoms with E-state index < -0.39 is 0 Å². The topological polar surface area (TPSA) is 58.4 Å². The molecule has 1 amide bonds. The van der Waals surface area contributed by atoms with Crippen molar-refractivity contribution in [2.24, 2.45) is 5.92 Å². The van der Waals surface area contributed by atoms with E-state index in [1.54, 1.807) is 11.8 Å². The fourth-order valence-electron chi connectivity index (χ4n) is 3.45. The van der Waals surface area contributed by atoms with Crippen LogP contribution in [0.4, 0.5) is 6.01 Å². The Hall–Kier alpha value is -2.47. The van der Waals surface area contributed by atoms with Gasteiger partial charge < -0.3 is 14.6 Å². The van der Waals surface area contributed by atoms with Gasteiger partial charge in [-0.15, -0.1) is 11.8 Å². The summed E-state index contributed by atoms with van der Waals surface area (Å²) < 4.78 is 5.84. The van der Waals surface area contributed by atoms with Crippen LogP contribution in [0, 0.1) is 12.8 Å². The highest BCUT2D eigenvalue weighted by Gasteiger charge is 2.26. The van der Waals surface area contributed by atoms with Crippen LogP contribution in [0.25, 0.3) is 11.1 Å². The van der Waals surface area contributed by atoms with E-state index in [4.69, 9.17) is 4.42 Å². The maximum atomic E-state index is 12.5. The van der Waals surface area contributed by atoms with Crippen LogP contribution in [0.3, 0.4) is 0 Å². The van der Waals surface area contributed by atoms with Crippen LogP contribution in [-0.2, 0) is 4.79 Å². The summed E-state index contributed by atoms with van der Waals surface area (Å²) in [6, 6.07) is 16.9. The molecule has 1 N–H and O–H groups in total. The molecule has 0 bridgehead atoms. The van der Waals surface area contributed by atoms with E-state index in [1.165, 1.54) is 10.5 Å². The number of nitrogens with zero attached hydrogens (tertiary/aromatic N) is 2. The number of hydrogen-bond acceptors (Lipinski definition) is 5. The lowest BCUT2D eigenvalue weighted by atomic mass is 9.96. The van der Waals surface area contributed by atoms with Gasteiger partial charge in [0.05, 0.1) is 0 Å². The summed E-state index contributed by atoms with van der Waals surface area (Å²) in [4.78, 5) is 20.4. The van der Waals surface area contributed by atoms with Crippen molar-refractivity contribution in [3.05, 3.63) is 54.1 Å². The van der Waals surface area contributed by atoms with Crippen molar-refractivity contribution in [3.8, 4) is 0 Å². The molecule has 1 fully saturated rings. The molecule has 1 aromatic heterocycles. The van der Waals surface area contributed by atoms with Gasteiger partial charge in [0.2, 0.25) is 5.91 Å². The third kappa shape index (κ3) is 4.50. The van der Waals surface area contributed by atoms with Crippen LogP contribution in [0.2, 0.25) is 0 Å². The largest absolute Gasteiger partial charge is 0.423 e. The van der Waals surface area contributed by atoms with Gasteiger partial charge in [-0.2, -0.15) is 4.98 Å². The maximum Gasteiger partial charge on any atom is 0.298 e. The predicted octanol–water partition coefficient (Wildman–Crippen LogP) is 4.26. The number of oxazole rings is 1. The fraction of sp³-hybridized carbons (Fsp3) is 0.364. The summed E-state index contributed by atoms with van der Waals surface area (Å²) >= 11 is 1.77. The van der Waals surface area contributed by atoms with E-state index in [9.17, 15) is 4.79 Å². The van der Waals surface area contributed by atoms with Crippen molar-refractivity contribution in [3.63, 3.8) is 0 Å². The molecule has 3 aromatic rings. The Morgan fingerprint density at radius 3 is 2.68 bits per heavy atom. The molecule has 2 aromatic carbocycles. The van der Waals surface area contributed by atoms with Gasteiger partial charge in [-0.25, -0.2) is 0 Å². The average Bonchev–Trinajstić information content (AvgIpc) is 3.17. The number of fused-ring (bicyclic) bond motifs is 1. The molecule has 0 aliphatic carbocycles. The van der Waals surface area contributed by atoms with Gasteiger partial charge in [-0.1, -0.05) is 29.8 Å². The van der Waals surface area contributed by atoms with Crippen LogP contribution in [0.1, 0.15) is 18.4 Å². The Labute approximate surface area is 169 Å². The first kappa shape index (κ1) is 18.9. The monoisotopic (exact) mass is 395 g/mol. The average molecular weight is 396 g/mol. The Kier molecular flexibility index (Phi) is 5.86. The van der Waals surface area contributed by atoms with Gasteiger partial charge in [-0.05, 0) is 44.0 Å². The molecule has 0 unspecified atom stereocenters. The number of piperidine rings is 1. The summed E-state index contributed by atoms with van der Waals surface area (Å²) in [5.41, 5.74) is 2.95. The number of carbonyl (C=O) groups excluding carboxylic acids is 1. The highest BCUT2D eigenvalue weighted by atomic mass is 32.2. The minimum absolute atomic E-state index is 0.0741. The van der Waals surface area contributed by atoms with Gasteiger partial charge in [0.15, 0.2) is 5.58 Å². The number of thioether (sulfide) groups is 1. The molecule has 146 valence electrons. The molecule has 6 heteroatoms. The quantitative estimate of drug-likeness (QED) is 0.499. The normalized spacial score (nSPS) is 15.1. The molecule has 1 saturated heterocycles. The number of aromatic nitrogens is 1. The molecule has 1 aliphatic rings. The number of nitrogens with one attached hydrogen (secondary N) is 1. The number of para-hydroxylation sites is 2. The number of anilines is 1. The number of carbonyl (C=O) groups is 1. The van der Waals surface area contributed by atoms with Crippen LogP contribution in [0.15, 0.2) is 57.8 Å². The Morgan fingerprint density at radius 1 is 1.18 bits per heavy atom. The van der Waals surface area contributed by atoms with Gasteiger partial charge in [0.25, 0.3) is 6.01 Å². The van der Waals surface area contributed by atoms with Crippen molar-refractivity contribution in [2.75, 3.05) is 30.3 Å². The first-order valence-electron chi connectivity index (χ1n) is 9.77. The number of amides is 1. The van der Waals surface area contributed by atoms with Gasteiger partial charge in [-0.3, -0.25) is 4.79 Å². The van der Waals surface area contributed by atoms with Crippen LogP contribution in [0.5, 0.6) is 0 Å². The first-order chi connectivity index (χ1) is 13.7. The van der Waals surface area contributed by atoms with E-state index in [0.29, 0.717) is 12.6 Å². The van der Waals surface area contributed by atoms with E-state index in [-0.39, 0.29) is 11.8 Å². The summed E-state index contributed by atoms with van der Waals surface area (Å²) in [6.07, 6.45) is 1.66. The number of benzene rings is 2. The Bertz CT molecular complexity index is 897. The molecule has 0 atom stereocenters. The number of hydrogen-bond donors (Lipinski definition) is 1. The zero-order valence-corrected chi connectivity index (χ0v) is 16.9. The lowest BCUT2D eigenvalue weighted by Gasteiger charge is -2.30. The zero-order valence-electron chi connectivity index (χ0n) is 16.1. The van der Waals surface area contributed by atoms with Crippen LogP contribution in [-0.4, -0.2) is 36.3 Å². The summed E-state index contributed by atoms with van der Waals surface area (Å²) in [7, 11) is 0. The standard InChI is InChI=1S/C22H25N3O2S/c1-16-6-8-18(9-7-16)28-15-12-23-21(26)17-10-13-25(14-11-17)22-24-19-4-2-3-5-20(19)27-22/h2-9,17H,10-15H2,1H3,(H,23,26). The predicted molar refractivity (Wildman–Crippen MR) is 114 cm³/mol. The second-order valence-corrected chi connectivity index (χ2v) is 8.35. The van der Waals surface area contributed by atoms with Crippen molar-refractivity contribution in [2.45, 2.75) is 24.7 Å². The molecule has 1 aliphatic heterocycles. The van der Waals surface area contributed by atoms with Crippen molar-refractivity contribution in [1.82, 2.24) is 10.3 Å². The zero-order chi connectivity index (χ0) is 19.3. The van der Waals surface area contributed by atoms with E-state index in [1.807, 2.05) is 24.3 Å². The lowest BCUT2D eigenvalue weighted by Crippen LogP contribution is -2.41. The summed E-state index contributed by atoms with van der Waals surface area (Å²) in [5.74, 6) is 1.13. The van der Waals surface area contributed by atoms with Crippen LogP contribution >= 0.6 is 11.8 Å². The molecular weight excluding hydrogens is 370 g/mol. The second kappa shape index (κ2) is 8.69. The Balaban J connectivity index is 1.21. The molecule has 5 nitrogen and oxygen atoms in total. The Morgan fingerprint density at radius 2 is 1.93 bits per heavy atom. The van der Waals surface area contributed by atoms with Crippen molar-refractivity contribution >= 4 is 34.8 Å². The molecule has 4 rings (SSSR count). The molecular formula is C22H25N3O2S. The van der Waals surface area contributed by atoms with E-state index in [0.717, 1.165) is 42.8 Å².